The van der Waals surface area contributed by atoms with Gasteiger partial charge in [-0.15, -0.1) is 11.3 Å². The fourth-order valence-electron chi connectivity index (χ4n) is 3.49. The lowest BCUT2D eigenvalue weighted by atomic mass is 9.91. The molecule has 5 nitrogen and oxygen atoms in total. The van der Waals surface area contributed by atoms with Gasteiger partial charge >= 0.3 is 6.18 Å². The SMILES string of the molecule is COCCn1cc(C(C)C(C)c2nc3ccc(-c4cncc(C(F)(F)F)c4)cc3s2)cn1. The van der Waals surface area contributed by atoms with Gasteiger partial charge in [-0.2, -0.15) is 18.3 Å². The van der Waals surface area contributed by atoms with E-state index in [0.29, 0.717) is 24.3 Å². The first-order chi connectivity index (χ1) is 15.3. The number of thiazole rings is 1. The highest BCUT2D eigenvalue weighted by atomic mass is 32.1. The van der Waals surface area contributed by atoms with Crippen molar-refractivity contribution in [3.05, 3.63) is 65.2 Å². The highest BCUT2D eigenvalue weighted by Gasteiger charge is 2.31. The van der Waals surface area contributed by atoms with Crippen LogP contribution in [0.2, 0.25) is 0 Å². The zero-order valence-electron chi connectivity index (χ0n) is 17.9. The van der Waals surface area contributed by atoms with Gasteiger partial charge in [0.1, 0.15) is 0 Å². The molecule has 4 aromatic rings. The van der Waals surface area contributed by atoms with Crippen molar-refractivity contribution in [2.45, 2.75) is 38.4 Å². The van der Waals surface area contributed by atoms with Crippen molar-refractivity contribution in [3.8, 4) is 11.1 Å². The van der Waals surface area contributed by atoms with E-state index < -0.39 is 11.7 Å². The third-order valence-electron chi connectivity index (χ3n) is 5.65. The number of pyridine rings is 1. The van der Waals surface area contributed by atoms with E-state index in [0.717, 1.165) is 33.1 Å². The number of halogens is 3. The fraction of sp³-hybridized carbons (Fsp3) is 0.348. The molecule has 4 rings (SSSR count). The molecule has 0 saturated heterocycles. The average molecular weight is 461 g/mol. The number of aromatic nitrogens is 4. The van der Waals surface area contributed by atoms with Crippen molar-refractivity contribution < 1.29 is 17.9 Å². The lowest BCUT2D eigenvalue weighted by Crippen LogP contribution is -2.05. The monoisotopic (exact) mass is 460 g/mol. The van der Waals surface area contributed by atoms with Crippen LogP contribution in [0.3, 0.4) is 0 Å². The third-order valence-corrected chi connectivity index (χ3v) is 6.87. The van der Waals surface area contributed by atoms with Crippen molar-refractivity contribution in [3.63, 3.8) is 0 Å². The number of ether oxygens (including phenoxy) is 1. The normalized spacial score (nSPS) is 14.1. The van der Waals surface area contributed by atoms with Gasteiger partial charge in [0.25, 0.3) is 0 Å². The molecule has 0 aliphatic heterocycles. The minimum absolute atomic E-state index is 0.158. The minimum atomic E-state index is -4.42. The van der Waals surface area contributed by atoms with E-state index in [1.165, 1.54) is 6.20 Å². The smallest absolute Gasteiger partial charge is 0.383 e. The molecule has 0 saturated carbocycles. The van der Waals surface area contributed by atoms with Gasteiger partial charge in [-0.25, -0.2) is 4.98 Å². The number of nitrogens with zero attached hydrogens (tertiary/aromatic N) is 4. The number of hydrogen-bond acceptors (Lipinski definition) is 5. The second kappa shape index (κ2) is 8.99. The average Bonchev–Trinajstić information content (AvgIpc) is 3.42. The number of rotatable bonds is 7. The standard InChI is InChI=1S/C23H23F3N4OS/c1-14(18-11-28-30(13-18)6-7-31-3)15(2)22-29-20-5-4-16(9-21(20)32-22)17-8-19(12-27-10-17)23(24,25)26/h4-5,8-15H,6-7H2,1-3H3. The highest BCUT2D eigenvalue weighted by molar-refractivity contribution is 7.18. The molecule has 0 fully saturated rings. The Kier molecular flexibility index (Phi) is 6.30. The van der Waals surface area contributed by atoms with E-state index >= 15 is 0 Å². The fourth-order valence-corrected chi connectivity index (χ4v) is 4.66. The van der Waals surface area contributed by atoms with E-state index in [1.54, 1.807) is 24.5 Å². The van der Waals surface area contributed by atoms with Gasteiger partial charge in [-0.1, -0.05) is 19.9 Å². The molecule has 0 amide bonds. The van der Waals surface area contributed by atoms with Crippen LogP contribution in [0, 0.1) is 0 Å². The first-order valence-electron chi connectivity index (χ1n) is 10.2. The molecule has 0 aliphatic rings. The third kappa shape index (κ3) is 4.68. The Labute approximate surface area is 187 Å². The van der Waals surface area contributed by atoms with Gasteiger partial charge in [0.15, 0.2) is 0 Å². The second-order valence-electron chi connectivity index (χ2n) is 7.80. The predicted molar refractivity (Wildman–Crippen MR) is 119 cm³/mol. The Hall–Kier alpha value is -2.78. The highest BCUT2D eigenvalue weighted by Crippen LogP contribution is 2.38. The van der Waals surface area contributed by atoms with Crippen LogP contribution in [0.1, 0.15) is 41.8 Å². The predicted octanol–water partition coefficient (Wildman–Crippen LogP) is 6.13. The molecule has 32 heavy (non-hydrogen) atoms. The molecule has 9 heteroatoms. The maximum absolute atomic E-state index is 13.0. The summed E-state index contributed by atoms with van der Waals surface area (Å²) in [7, 11) is 1.66. The molecule has 0 N–H and O–H groups in total. The Bertz CT molecular complexity index is 1220. The number of alkyl halides is 3. The molecular weight excluding hydrogens is 437 g/mol. The first-order valence-corrected chi connectivity index (χ1v) is 11.0. The van der Waals surface area contributed by atoms with Crippen LogP contribution in [0.15, 0.2) is 49.1 Å². The van der Waals surface area contributed by atoms with Gasteiger partial charge < -0.3 is 4.74 Å². The van der Waals surface area contributed by atoms with E-state index in [-0.39, 0.29) is 11.8 Å². The van der Waals surface area contributed by atoms with Crippen molar-refractivity contribution in [2.75, 3.05) is 13.7 Å². The van der Waals surface area contributed by atoms with Crippen LogP contribution in [0.5, 0.6) is 0 Å². The quantitative estimate of drug-likeness (QED) is 0.333. The topological polar surface area (TPSA) is 52.8 Å². The number of methoxy groups -OCH3 is 1. The van der Waals surface area contributed by atoms with Gasteiger partial charge in [0.2, 0.25) is 0 Å². The summed E-state index contributed by atoms with van der Waals surface area (Å²) in [6, 6.07) is 6.65. The van der Waals surface area contributed by atoms with E-state index in [4.69, 9.17) is 9.72 Å². The van der Waals surface area contributed by atoms with Crippen molar-refractivity contribution in [1.82, 2.24) is 19.7 Å². The molecule has 3 aromatic heterocycles. The summed E-state index contributed by atoms with van der Waals surface area (Å²) in [4.78, 5) is 8.55. The number of hydrogen-bond donors (Lipinski definition) is 0. The van der Waals surface area contributed by atoms with E-state index in [2.05, 4.69) is 23.9 Å². The first kappa shape index (κ1) is 22.4. The number of fused-ring (bicyclic) bond motifs is 1. The summed E-state index contributed by atoms with van der Waals surface area (Å²) < 4.78 is 47.0. The minimum Gasteiger partial charge on any atom is -0.383 e. The Morgan fingerprint density at radius 3 is 2.62 bits per heavy atom. The molecular formula is C23H23F3N4OS. The zero-order chi connectivity index (χ0) is 22.9. The summed E-state index contributed by atoms with van der Waals surface area (Å²) >= 11 is 1.57. The second-order valence-corrected chi connectivity index (χ2v) is 8.86. The van der Waals surface area contributed by atoms with Crippen molar-refractivity contribution >= 4 is 21.6 Å². The molecule has 0 radical (unpaired) electrons. The zero-order valence-corrected chi connectivity index (χ0v) is 18.7. The summed E-state index contributed by atoms with van der Waals surface area (Å²) in [5.74, 6) is 0.366. The van der Waals surface area contributed by atoms with E-state index in [9.17, 15) is 13.2 Å². The van der Waals surface area contributed by atoms with Crippen LogP contribution in [0.25, 0.3) is 21.3 Å². The van der Waals surface area contributed by atoms with Crippen molar-refractivity contribution in [2.24, 2.45) is 0 Å². The van der Waals surface area contributed by atoms with Crippen molar-refractivity contribution in [1.29, 1.82) is 0 Å². The van der Waals surface area contributed by atoms with Gasteiger partial charge in [0, 0.05) is 37.2 Å². The summed E-state index contributed by atoms with van der Waals surface area (Å²) in [5, 5.41) is 5.38. The summed E-state index contributed by atoms with van der Waals surface area (Å²) in [6.45, 7) is 5.58. The van der Waals surface area contributed by atoms with Crippen LogP contribution in [-0.4, -0.2) is 33.5 Å². The lowest BCUT2D eigenvalue weighted by molar-refractivity contribution is -0.137. The maximum atomic E-state index is 13.0. The Balaban J connectivity index is 1.58. The maximum Gasteiger partial charge on any atom is 0.417 e. The van der Waals surface area contributed by atoms with Crippen LogP contribution in [-0.2, 0) is 17.5 Å². The van der Waals surface area contributed by atoms with Gasteiger partial charge in [-0.05, 0) is 35.2 Å². The van der Waals surface area contributed by atoms with E-state index in [1.807, 2.05) is 29.2 Å². The largest absolute Gasteiger partial charge is 0.417 e. The molecule has 2 atom stereocenters. The van der Waals surface area contributed by atoms with Gasteiger partial charge in [0.05, 0.1) is 40.1 Å². The number of benzene rings is 1. The lowest BCUT2D eigenvalue weighted by Gasteiger charge is -2.16. The Morgan fingerprint density at radius 1 is 1.06 bits per heavy atom. The molecule has 0 aliphatic carbocycles. The molecule has 1 aromatic carbocycles. The van der Waals surface area contributed by atoms with Crippen LogP contribution in [0.4, 0.5) is 13.2 Å². The van der Waals surface area contributed by atoms with Crippen LogP contribution >= 0.6 is 11.3 Å². The summed E-state index contributed by atoms with van der Waals surface area (Å²) in [6.07, 6.45) is 1.78. The molecule has 0 bridgehead atoms. The summed E-state index contributed by atoms with van der Waals surface area (Å²) in [5.41, 5.74) is 2.33. The Morgan fingerprint density at radius 2 is 1.88 bits per heavy atom. The molecule has 2 unspecified atom stereocenters. The van der Waals surface area contributed by atoms with Gasteiger partial charge in [-0.3, -0.25) is 9.67 Å². The molecule has 0 spiro atoms. The molecule has 3 heterocycles. The van der Waals surface area contributed by atoms with Crippen LogP contribution < -0.4 is 0 Å². The molecule has 168 valence electrons.